The van der Waals surface area contributed by atoms with Gasteiger partial charge in [-0.2, -0.15) is 13.2 Å². The Bertz CT molecular complexity index is 1520. The number of allylic oxidation sites excluding steroid dienone is 2. The number of carboxylic acid groups (broad SMARTS) is 1. The van der Waals surface area contributed by atoms with E-state index in [1.54, 1.807) is 24.3 Å². The van der Waals surface area contributed by atoms with Crippen LogP contribution in [0.1, 0.15) is 52.7 Å². The Hall–Kier alpha value is -4.84. The fraction of sp³-hybridized carbons (Fsp3) is 0.281. The Kier molecular flexibility index (Phi) is 10.3. The second kappa shape index (κ2) is 14.1. The number of nitrogens with zero attached hydrogens (tertiary/aromatic N) is 1. The highest BCUT2D eigenvalue weighted by molar-refractivity contribution is 6.02. The predicted octanol–water partition coefficient (Wildman–Crippen LogP) is 6.09. The van der Waals surface area contributed by atoms with E-state index in [0.29, 0.717) is 11.3 Å². The number of hydrogen-bond acceptors (Lipinski definition) is 5. The minimum absolute atomic E-state index is 0.00971. The Balaban J connectivity index is 1.58. The Morgan fingerprint density at radius 2 is 1.70 bits per heavy atom. The Morgan fingerprint density at radius 3 is 2.30 bits per heavy atom. The van der Waals surface area contributed by atoms with Crippen LogP contribution in [0.4, 0.5) is 29.3 Å². The summed E-state index contributed by atoms with van der Waals surface area (Å²) >= 11 is 0. The van der Waals surface area contributed by atoms with Gasteiger partial charge in [0.1, 0.15) is 5.75 Å². The molecule has 0 radical (unpaired) electrons. The average Bonchev–Trinajstić information content (AvgIpc) is 3.02. The highest BCUT2D eigenvalue weighted by Gasteiger charge is 2.35. The minimum atomic E-state index is -4.70. The monoisotopic (exact) mass is 611 g/mol. The molecule has 3 aromatic carbocycles. The van der Waals surface area contributed by atoms with Crippen molar-refractivity contribution < 1.29 is 42.5 Å². The lowest BCUT2D eigenvalue weighted by Gasteiger charge is -2.25. The van der Waals surface area contributed by atoms with Crippen LogP contribution in [-0.4, -0.2) is 47.9 Å². The van der Waals surface area contributed by atoms with E-state index < -0.39 is 42.3 Å². The van der Waals surface area contributed by atoms with Crippen molar-refractivity contribution in [3.63, 3.8) is 0 Å². The molecule has 4 N–H and O–H groups in total. The van der Waals surface area contributed by atoms with E-state index in [4.69, 9.17) is 9.84 Å². The summed E-state index contributed by atoms with van der Waals surface area (Å²) in [5.41, 5.74) is 2.45. The van der Waals surface area contributed by atoms with Crippen LogP contribution in [0.5, 0.6) is 5.75 Å². The molecule has 1 atom stereocenters. The summed E-state index contributed by atoms with van der Waals surface area (Å²) in [5.74, 6) is -2.44. The number of anilines is 2. The van der Waals surface area contributed by atoms with Crippen molar-refractivity contribution in [2.24, 2.45) is 0 Å². The van der Waals surface area contributed by atoms with Crippen LogP contribution in [0.3, 0.4) is 0 Å². The summed E-state index contributed by atoms with van der Waals surface area (Å²) in [5, 5.41) is 23.0. The summed E-state index contributed by atoms with van der Waals surface area (Å²) in [6, 6.07) is 16.1. The van der Waals surface area contributed by atoms with Gasteiger partial charge in [0, 0.05) is 16.9 Å². The maximum atomic E-state index is 13.6. The van der Waals surface area contributed by atoms with Crippen LogP contribution < -0.4 is 20.3 Å². The molecule has 232 valence electrons. The van der Waals surface area contributed by atoms with Crippen LogP contribution in [0, 0.1) is 0 Å². The average molecular weight is 612 g/mol. The molecule has 12 heteroatoms. The number of aliphatic carboxylic acids is 1. The molecule has 0 fully saturated rings. The SMILES string of the molecule is COc1ccc(NC(=O)N(Cc2ccc(C(=O)NC[C@@H](O)C(=O)O)cc2)c2ccc(C3=CCCCC3)cc2)cc1C(F)(F)F. The molecule has 0 aromatic heterocycles. The van der Waals surface area contributed by atoms with Crippen molar-refractivity contribution in [2.75, 3.05) is 23.9 Å². The first-order valence-corrected chi connectivity index (χ1v) is 13.9. The molecule has 44 heavy (non-hydrogen) atoms. The van der Waals surface area contributed by atoms with Gasteiger partial charge in [-0.1, -0.05) is 30.3 Å². The quantitative estimate of drug-likeness (QED) is 0.220. The van der Waals surface area contributed by atoms with Crippen molar-refractivity contribution in [1.82, 2.24) is 5.32 Å². The number of methoxy groups -OCH3 is 1. The number of aliphatic hydroxyl groups excluding tert-OH is 1. The number of nitrogens with one attached hydrogen (secondary N) is 2. The van der Waals surface area contributed by atoms with Crippen molar-refractivity contribution in [3.8, 4) is 5.75 Å². The van der Waals surface area contributed by atoms with E-state index in [9.17, 15) is 32.7 Å². The molecule has 1 aliphatic rings. The first kappa shape index (κ1) is 32.1. The summed E-state index contributed by atoms with van der Waals surface area (Å²) in [6.45, 7) is -0.464. The lowest BCUT2D eigenvalue weighted by molar-refractivity contribution is -0.146. The van der Waals surface area contributed by atoms with Crippen molar-refractivity contribution in [2.45, 2.75) is 44.5 Å². The van der Waals surface area contributed by atoms with Crippen LogP contribution in [0.25, 0.3) is 5.57 Å². The van der Waals surface area contributed by atoms with E-state index in [-0.39, 0.29) is 23.5 Å². The maximum absolute atomic E-state index is 13.6. The molecule has 4 rings (SSSR count). The molecule has 3 aromatic rings. The molecule has 0 heterocycles. The van der Waals surface area contributed by atoms with Crippen molar-refractivity contribution >= 4 is 34.9 Å². The van der Waals surface area contributed by atoms with E-state index in [1.165, 1.54) is 28.7 Å². The van der Waals surface area contributed by atoms with Gasteiger partial charge in [0.15, 0.2) is 6.10 Å². The number of ether oxygens (including phenoxy) is 1. The number of amides is 3. The number of halogens is 3. The van der Waals surface area contributed by atoms with E-state index >= 15 is 0 Å². The third-order valence-electron chi connectivity index (χ3n) is 7.14. The van der Waals surface area contributed by atoms with Gasteiger partial charge in [0.05, 0.1) is 25.8 Å². The van der Waals surface area contributed by atoms with Crippen LogP contribution in [0.2, 0.25) is 0 Å². The number of rotatable bonds is 10. The highest BCUT2D eigenvalue weighted by atomic mass is 19.4. The van der Waals surface area contributed by atoms with E-state index in [0.717, 1.165) is 50.5 Å². The van der Waals surface area contributed by atoms with Crippen LogP contribution in [-0.2, 0) is 17.5 Å². The normalized spacial score (nSPS) is 13.8. The maximum Gasteiger partial charge on any atom is 0.420 e. The molecular formula is C32H32F3N3O6. The number of carboxylic acids is 1. The van der Waals surface area contributed by atoms with E-state index in [2.05, 4.69) is 16.7 Å². The molecule has 9 nitrogen and oxygen atoms in total. The number of hydrogen-bond donors (Lipinski definition) is 4. The molecule has 0 saturated carbocycles. The van der Waals surface area contributed by atoms with Crippen molar-refractivity contribution in [1.29, 1.82) is 0 Å². The third kappa shape index (κ3) is 8.16. The van der Waals surface area contributed by atoms with Gasteiger partial charge in [-0.3, -0.25) is 9.69 Å². The number of carbonyl (C=O) groups is 3. The lowest BCUT2D eigenvalue weighted by Crippen LogP contribution is -2.36. The first-order chi connectivity index (χ1) is 21.0. The highest BCUT2D eigenvalue weighted by Crippen LogP contribution is 2.38. The van der Waals surface area contributed by atoms with Gasteiger partial charge in [0.2, 0.25) is 0 Å². The standard InChI is InChI=1S/C32H32F3N3O6/c1-44-28-16-13-24(17-26(28)32(33,34)35)37-31(43)38(25-14-11-22(12-15-25)21-5-3-2-4-6-21)19-20-7-9-23(10-8-20)29(40)36-18-27(39)30(41)42/h5,7-17,27,39H,2-4,6,18-19H2,1H3,(H,36,40)(H,37,43)(H,41,42)/t27-/m1/s1. The number of carbonyl (C=O) groups excluding carboxylic acids is 2. The predicted molar refractivity (Wildman–Crippen MR) is 159 cm³/mol. The molecular weight excluding hydrogens is 579 g/mol. The van der Waals surface area contributed by atoms with Gasteiger partial charge in [-0.15, -0.1) is 0 Å². The fourth-order valence-electron chi connectivity index (χ4n) is 4.76. The second-order valence-electron chi connectivity index (χ2n) is 10.2. The Labute approximate surface area is 252 Å². The molecule has 0 saturated heterocycles. The zero-order valence-corrected chi connectivity index (χ0v) is 23.9. The summed E-state index contributed by atoms with van der Waals surface area (Å²) < 4.78 is 45.6. The van der Waals surface area contributed by atoms with Gasteiger partial charge >= 0.3 is 18.2 Å². The number of aliphatic hydroxyl groups is 1. The van der Waals surface area contributed by atoms with Gasteiger partial charge in [-0.25, -0.2) is 9.59 Å². The number of benzene rings is 3. The fourth-order valence-corrected chi connectivity index (χ4v) is 4.76. The van der Waals surface area contributed by atoms with Gasteiger partial charge in [-0.05, 0) is 84.8 Å². The smallest absolute Gasteiger partial charge is 0.420 e. The zero-order valence-electron chi connectivity index (χ0n) is 23.9. The summed E-state index contributed by atoms with van der Waals surface area (Å²) in [4.78, 5) is 38.1. The first-order valence-electron chi connectivity index (χ1n) is 13.9. The summed E-state index contributed by atoms with van der Waals surface area (Å²) in [6.07, 6.45) is -0.0527. The minimum Gasteiger partial charge on any atom is -0.496 e. The Morgan fingerprint density at radius 1 is 1.00 bits per heavy atom. The lowest BCUT2D eigenvalue weighted by atomic mass is 9.93. The third-order valence-corrected chi connectivity index (χ3v) is 7.14. The number of alkyl halides is 3. The molecule has 0 unspecified atom stereocenters. The van der Waals surface area contributed by atoms with Crippen LogP contribution >= 0.6 is 0 Å². The largest absolute Gasteiger partial charge is 0.496 e. The zero-order chi connectivity index (χ0) is 31.9. The molecule has 3 amide bonds. The van der Waals surface area contributed by atoms with Gasteiger partial charge in [0.25, 0.3) is 5.91 Å². The number of urea groups is 1. The molecule has 0 aliphatic heterocycles. The van der Waals surface area contributed by atoms with E-state index in [1.807, 2.05) is 12.1 Å². The van der Waals surface area contributed by atoms with Gasteiger partial charge < -0.3 is 25.6 Å². The molecule has 0 spiro atoms. The van der Waals surface area contributed by atoms with Crippen LogP contribution in [0.15, 0.2) is 72.8 Å². The summed E-state index contributed by atoms with van der Waals surface area (Å²) in [7, 11) is 1.13. The van der Waals surface area contributed by atoms with Crippen molar-refractivity contribution in [3.05, 3.63) is 95.1 Å². The molecule has 1 aliphatic carbocycles. The molecule has 0 bridgehead atoms. The topological polar surface area (TPSA) is 128 Å². The second-order valence-corrected chi connectivity index (χ2v) is 10.2.